The Balaban J connectivity index is 1.77. The second kappa shape index (κ2) is 3.68. The van der Waals surface area contributed by atoms with E-state index in [9.17, 15) is 8.42 Å². The van der Waals surface area contributed by atoms with Crippen LogP contribution in [0.1, 0.15) is 19.3 Å². The van der Waals surface area contributed by atoms with E-state index in [1.165, 1.54) is 12.8 Å². The molecular weight excluding hydrogens is 218 g/mol. The summed E-state index contributed by atoms with van der Waals surface area (Å²) in [6.07, 6.45) is 5.49. The first-order valence-electron chi connectivity index (χ1n) is 5.04. The zero-order valence-corrected chi connectivity index (χ0v) is 10.1. The van der Waals surface area contributed by atoms with Crippen molar-refractivity contribution in [1.82, 2.24) is 5.32 Å². The predicted molar refractivity (Wildman–Crippen MR) is 60.5 cm³/mol. The molecule has 2 rings (SSSR count). The van der Waals surface area contributed by atoms with Crippen molar-refractivity contribution < 1.29 is 8.42 Å². The third kappa shape index (κ3) is 2.44. The first kappa shape index (κ1) is 10.8. The fraction of sp³-hybridized carbons (Fsp3) is 1.00. The van der Waals surface area contributed by atoms with Crippen LogP contribution in [-0.2, 0) is 9.84 Å². The highest BCUT2D eigenvalue weighted by molar-refractivity contribution is 8.00. The number of hydrogen-bond acceptors (Lipinski definition) is 4. The van der Waals surface area contributed by atoms with Gasteiger partial charge in [-0.1, -0.05) is 0 Å². The summed E-state index contributed by atoms with van der Waals surface area (Å²) in [4.78, 5) is 0. The minimum atomic E-state index is -2.72. The molecule has 1 aliphatic carbocycles. The largest absolute Gasteiger partial charge is 0.312 e. The van der Waals surface area contributed by atoms with E-state index < -0.39 is 9.84 Å². The summed E-state index contributed by atoms with van der Waals surface area (Å²) in [6, 6.07) is 0.213. The predicted octanol–water partition coefficient (Wildman–Crippen LogP) is 0.659. The highest BCUT2D eigenvalue weighted by Crippen LogP contribution is 2.46. The summed E-state index contributed by atoms with van der Waals surface area (Å²) in [7, 11) is -2.72. The molecule has 14 heavy (non-hydrogen) atoms. The van der Waals surface area contributed by atoms with Crippen molar-refractivity contribution in [3.63, 3.8) is 0 Å². The van der Waals surface area contributed by atoms with Crippen molar-refractivity contribution in [3.05, 3.63) is 0 Å². The second-order valence-electron chi connectivity index (χ2n) is 4.37. The molecule has 1 saturated carbocycles. The number of rotatable bonds is 4. The third-order valence-electron chi connectivity index (χ3n) is 3.19. The van der Waals surface area contributed by atoms with Crippen LogP contribution in [0.5, 0.6) is 0 Å². The van der Waals surface area contributed by atoms with Gasteiger partial charge in [-0.3, -0.25) is 0 Å². The van der Waals surface area contributed by atoms with Crippen LogP contribution >= 0.6 is 11.8 Å². The number of hydrogen-bond donors (Lipinski definition) is 1. The summed E-state index contributed by atoms with van der Waals surface area (Å²) in [5.41, 5.74) is 0. The molecule has 1 N–H and O–H groups in total. The lowest BCUT2D eigenvalue weighted by Crippen LogP contribution is -2.36. The third-order valence-corrected chi connectivity index (χ3v) is 6.37. The highest BCUT2D eigenvalue weighted by Gasteiger charge is 2.42. The summed E-state index contributed by atoms with van der Waals surface area (Å²) < 4.78 is 22.8. The zero-order valence-electron chi connectivity index (χ0n) is 8.45. The van der Waals surface area contributed by atoms with Crippen molar-refractivity contribution in [1.29, 1.82) is 0 Å². The van der Waals surface area contributed by atoms with Gasteiger partial charge in [0.25, 0.3) is 0 Å². The van der Waals surface area contributed by atoms with Crippen LogP contribution in [0, 0.1) is 0 Å². The van der Waals surface area contributed by atoms with E-state index in [0.717, 1.165) is 13.0 Å². The molecular formula is C9H17NO2S2. The molecule has 1 atom stereocenters. The van der Waals surface area contributed by atoms with Crippen LogP contribution < -0.4 is 5.32 Å². The molecule has 5 heteroatoms. The van der Waals surface area contributed by atoms with Crippen LogP contribution in [-0.4, -0.2) is 43.5 Å². The van der Waals surface area contributed by atoms with Gasteiger partial charge in [0.1, 0.15) is 0 Å². The molecule has 0 aromatic heterocycles. The van der Waals surface area contributed by atoms with Gasteiger partial charge in [-0.2, -0.15) is 11.8 Å². The minimum absolute atomic E-state index is 0.213. The maximum Gasteiger partial charge on any atom is 0.151 e. The van der Waals surface area contributed by atoms with E-state index in [2.05, 4.69) is 11.6 Å². The highest BCUT2D eigenvalue weighted by atomic mass is 32.2. The first-order chi connectivity index (χ1) is 6.55. The Kier molecular flexibility index (Phi) is 2.83. The van der Waals surface area contributed by atoms with E-state index in [1.54, 1.807) is 0 Å². The topological polar surface area (TPSA) is 46.2 Å². The zero-order chi connectivity index (χ0) is 10.2. The summed E-state index contributed by atoms with van der Waals surface area (Å²) in [5.74, 6) is 0.717. The molecule has 3 nitrogen and oxygen atoms in total. The molecule has 1 unspecified atom stereocenters. The summed E-state index contributed by atoms with van der Waals surface area (Å²) in [6.45, 7) is 0.981. The molecule has 1 aliphatic heterocycles. The fourth-order valence-electron chi connectivity index (χ4n) is 1.88. The Morgan fingerprint density at radius 1 is 1.50 bits per heavy atom. The number of nitrogens with one attached hydrogen (secondary N) is 1. The lowest BCUT2D eigenvalue weighted by molar-refractivity contribution is 0.546. The van der Waals surface area contributed by atoms with Gasteiger partial charge in [0, 0.05) is 17.3 Å². The molecule has 0 radical (unpaired) electrons. The quantitative estimate of drug-likeness (QED) is 0.777. The number of sulfone groups is 1. The van der Waals surface area contributed by atoms with Gasteiger partial charge in [-0.05, 0) is 25.5 Å². The maximum absolute atomic E-state index is 11.2. The molecule has 0 amide bonds. The average Bonchev–Trinajstić information content (AvgIpc) is 2.84. The van der Waals surface area contributed by atoms with Gasteiger partial charge in [-0.15, -0.1) is 0 Å². The van der Waals surface area contributed by atoms with Crippen LogP contribution in [0.3, 0.4) is 0 Å². The van der Waals surface area contributed by atoms with Gasteiger partial charge in [0.2, 0.25) is 0 Å². The van der Waals surface area contributed by atoms with E-state index in [-0.39, 0.29) is 6.04 Å². The lowest BCUT2D eigenvalue weighted by atomic mass is 10.2. The van der Waals surface area contributed by atoms with E-state index in [0.29, 0.717) is 16.3 Å². The first-order valence-corrected chi connectivity index (χ1v) is 8.09. The Hall–Kier alpha value is 0.260. The molecule has 82 valence electrons. The van der Waals surface area contributed by atoms with Gasteiger partial charge < -0.3 is 5.32 Å². The van der Waals surface area contributed by atoms with E-state index in [1.807, 2.05) is 11.8 Å². The Bertz CT molecular complexity index is 309. The van der Waals surface area contributed by atoms with Crippen LogP contribution in [0.15, 0.2) is 0 Å². The summed E-state index contributed by atoms with van der Waals surface area (Å²) in [5, 5.41) is 3.39. The van der Waals surface area contributed by atoms with Gasteiger partial charge >= 0.3 is 0 Å². The van der Waals surface area contributed by atoms with Crippen LogP contribution in [0.25, 0.3) is 0 Å². The van der Waals surface area contributed by atoms with Crippen molar-refractivity contribution >= 4 is 21.6 Å². The van der Waals surface area contributed by atoms with Crippen molar-refractivity contribution in [2.24, 2.45) is 0 Å². The standard InChI is InChI=1S/C9H17NO2S2/c1-13-9(3-4-9)7-10-8-2-5-14(11,12)6-8/h8,10H,2-7H2,1H3. The second-order valence-corrected chi connectivity index (χ2v) is 7.87. The van der Waals surface area contributed by atoms with Crippen LogP contribution in [0.4, 0.5) is 0 Å². The Morgan fingerprint density at radius 2 is 2.21 bits per heavy atom. The molecule has 1 saturated heterocycles. The van der Waals surface area contributed by atoms with Gasteiger partial charge in [0.05, 0.1) is 11.5 Å². The van der Waals surface area contributed by atoms with Crippen LogP contribution in [0.2, 0.25) is 0 Å². The molecule has 1 heterocycles. The minimum Gasteiger partial charge on any atom is -0.312 e. The Labute approximate surface area is 89.9 Å². The number of thioether (sulfide) groups is 1. The molecule has 0 aromatic rings. The molecule has 2 aliphatic rings. The smallest absolute Gasteiger partial charge is 0.151 e. The van der Waals surface area contributed by atoms with Crippen molar-refractivity contribution in [2.75, 3.05) is 24.3 Å². The van der Waals surface area contributed by atoms with Crippen molar-refractivity contribution in [3.8, 4) is 0 Å². The SMILES string of the molecule is CSC1(CNC2CCS(=O)(=O)C2)CC1. The molecule has 0 spiro atoms. The fourth-order valence-corrected chi connectivity index (χ4v) is 4.32. The maximum atomic E-state index is 11.2. The van der Waals surface area contributed by atoms with Gasteiger partial charge in [0.15, 0.2) is 9.84 Å². The average molecular weight is 235 g/mol. The van der Waals surface area contributed by atoms with Gasteiger partial charge in [-0.25, -0.2) is 8.42 Å². The summed E-state index contributed by atoms with van der Waals surface area (Å²) >= 11 is 1.91. The lowest BCUT2D eigenvalue weighted by Gasteiger charge is -2.16. The van der Waals surface area contributed by atoms with E-state index in [4.69, 9.17) is 0 Å². The normalized spacial score (nSPS) is 33.1. The molecule has 2 fully saturated rings. The monoisotopic (exact) mass is 235 g/mol. The molecule has 0 bridgehead atoms. The Morgan fingerprint density at radius 3 is 2.64 bits per heavy atom. The molecule has 0 aromatic carbocycles. The van der Waals surface area contributed by atoms with Crippen molar-refractivity contribution in [2.45, 2.75) is 30.1 Å². The van der Waals surface area contributed by atoms with E-state index >= 15 is 0 Å².